The van der Waals surface area contributed by atoms with Gasteiger partial charge >= 0.3 is 29.6 Å². The first kappa shape index (κ1) is 27.1. The van der Waals surface area contributed by atoms with Crippen LogP contribution in [-0.4, -0.2) is 59.4 Å². The van der Waals surface area contributed by atoms with Gasteiger partial charge in [-0.3, -0.25) is 9.36 Å². The van der Waals surface area contributed by atoms with Crippen LogP contribution in [-0.2, 0) is 38.1 Å². The zero-order chi connectivity index (χ0) is 25.1. The average molecular weight is 466 g/mol. The highest BCUT2D eigenvalue weighted by molar-refractivity contribution is 6.16. The van der Waals surface area contributed by atoms with Crippen LogP contribution in [0.3, 0.4) is 0 Å². The van der Waals surface area contributed by atoms with Gasteiger partial charge in [0.15, 0.2) is 0 Å². The number of rotatable bonds is 10. The van der Waals surface area contributed by atoms with E-state index < -0.39 is 46.5 Å². The molecule has 0 saturated carbocycles. The van der Waals surface area contributed by atoms with Gasteiger partial charge in [0.1, 0.15) is 11.4 Å². The number of ether oxygens (including phenoxy) is 4. The topological polar surface area (TPSA) is 149 Å². The second kappa shape index (κ2) is 12.8. The van der Waals surface area contributed by atoms with Crippen molar-refractivity contribution in [2.75, 3.05) is 26.4 Å². The summed E-state index contributed by atoms with van der Waals surface area (Å²) in [7, 11) is 0. The van der Waals surface area contributed by atoms with E-state index in [1.165, 1.54) is 34.6 Å². The van der Waals surface area contributed by atoms with E-state index in [0.29, 0.717) is 15.2 Å². The fourth-order valence-electron chi connectivity index (χ4n) is 2.50. The van der Waals surface area contributed by atoms with E-state index in [1.807, 2.05) is 0 Å². The first-order valence-electron chi connectivity index (χ1n) is 10.1. The van der Waals surface area contributed by atoms with Crippen molar-refractivity contribution in [3.8, 4) is 0 Å². The Labute approximate surface area is 189 Å². The largest absolute Gasteiger partial charge is 0.463 e. The minimum Gasteiger partial charge on any atom is -0.463 e. The van der Waals surface area contributed by atoms with Gasteiger partial charge in [0.2, 0.25) is 0 Å². The van der Waals surface area contributed by atoms with Crippen molar-refractivity contribution in [2.45, 2.75) is 34.6 Å². The first-order chi connectivity index (χ1) is 15.6. The Morgan fingerprint density at radius 1 is 0.758 bits per heavy atom. The van der Waals surface area contributed by atoms with E-state index in [0.717, 1.165) is 12.3 Å². The maximum atomic E-state index is 13.2. The molecule has 0 aliphatic heterocycles. The van der Waals surface area contributed by atoms with Gasteiger partial charge in [0.25, 0.3) is 5.56 Å². The van der Waals surface area contributed by atoms with Crippen LogP contribution >= 0.6 is 0 Å². The summed E-state index contributed by atoms with van der Waals surface area (Å²) >= 11 is 0. The molecule has 0 N–H and O–H groups in total. The Morgan fingerprint density at radius 2 is 1.18 bits per heavy atom. The SMILES string of the molecule is CCOC(=O)/C=C(\C(=O)OCC)n1cc(C)c(=O)n(/C(=C/C(=O)OCC)C(=O)OCC)c1=O. The molecule has 0 aliphatic carbocycles. The fourth-order valence-corrected chi connectivity index (χ4v) is 2.50. The van der Waals surface area contributed by atoms with Crippen molar-refractivity contribution >= 4 is 35.3 Å². The molecular weight excluding hydrogens is 440 g/mol. The molecule has 0 amide bonds. The monoisotopic (exact) mass is 466 g/mol. The summed E-state index contributed by atoms with van der Waals surface area (Å²) in [6.07, 6.45) is 2.35. The van der Waals surface area contributed by atoms with Crippen LogP contribution in [0.1, 0.15) is 33.3 Å². The molecule has 12 nitrogen and oxygen atoms in total. The molecule has 1 aromatic heterocycles. The van der Waals surface area contributed by atoms with E-state index in [4.69, 9.17) is 18.9 Å². The molecule has 180 valence electrons. The number of aromatic nitrogens is 2. The summed E-state index contributed by atoms with van der Waals surface area (Å²) in [5.74, 6) is -4.18. The van der Waals surface area contributed by atoms with Gasteiger partial charge in [-0.25, -0.2) is 28.5 Å². The Balaban J connectivity index is 3.95. The minimum absolute atomic E-state index is 0.00581. The summed E-state index contributed by atoms with van der Waals surface area (Å²) in [6.45, 7) is 7.12. The number of carbonyl (C=O) groups excluding carboxylic acids is 4. The van der Waals surface area contributed by atoms with E-state index in [9.17, 15) is 28.8 Å². The lowest BCUT2D eigenvalue weighted by Gasteiger charge is -2.15. The number of carbonyl (C=O) groups is 4. The maximum absolute atomic E-state index is 13.2. The summed E-state index contributed by atoms with van der Waals surface area (Å²) < 4.78 is 20.3. The Kier molecular flexibility index (Phi) is 10.5. The molecule has 0 spiro atoms. The van der Waals surface area contributed by atoms with Gasteiger partial charge in [0, 0.05) is 11.8 Å². The smallest absolute Gasteiger partial charge is 0.355 e. The van der Waals surface area contributed by atoms with Gasteiger partial charge < -0.3 is 18.9 Å². The predicted octanol–water partition coefficient (Wildman–Crippen LogP) is 0.253. The maximum Gasteiger partial charge on any atom is 0.355 e. The molecule has 1 aromatic rings. The molecule has 12 heteroatoms. The van der Waals surface area contributed by atoms with Gasteiger partial charge in [-0.2, -0.15) is 0 Å². The average Bonchev–Trinajstić information content (AvgIpc) is 2.75. The third kappa shape index (κ3) is 7.02. The van der Waals surface area contributed by atoms with Crippen molar-refractivity contribution < 1.29 is 38.1 Å². The van der Waals surface area contributed by atoms with Gasteiger partial charge in [-0.05, 0) is 34.6 Å². The molecule has 0 aromatic carbocycles. The predicted molar refractivity (Wildman–Crippen MR) is 115 cm³/mol. The van der Waals surface area contributed by atoms with Crippen molar-refractivity contribution in [1.29, 1.82) is 0 Å². The van der Waals surface area contributed by atoms with Crippen molar-refractivity contribution in [3.63, 3.8) is 0 Å². The standard InChI is InChI=1S/C21H26N2O10/c1-6-30-16(24)10-14(19(27)32-8-3)22-12-13(5)18(26)23(21(22)29)15(20(28)33-9-4)11-17(25)31-7-2/h10-12H,6-9H2,1-5H3/b14-10+,15-11+. The van der Waals surface area contributed by atoms with Gasteiger partial charge in [0.05, 0.1) is 38.6 Å². The summed E-state index contributed by atoms with van der Waals surface area (Å²) in [6, 6.07) is 0. The zero-order valence-corrected chi connectivity index (χ0v) is 19.0. The first-order valence-corrected chi connectivity index (χ1v) is 10.1. The van der Waals surface area contributed by atoms with Crippen LogP contribution in [0.25, 0.3) is 11.4 Å². The normalized spacial score (nSPS) is 11.5. The summed E-state index contributed by atoms with van der Waals surface area (Å²) in [5, 5.41) is 0. The lowest BCUT2D eigenvalue weighted by molar-refractivity contribution is -0.139. The Bertz CT molecular complexity index is 1090. The van der Waals surface area contributed by atoms with Crippen LogP contribution in [0.15, 0.2) is 27.9 Å². The number of aryl methyl sites for hydroxylation is 1. The third-order valence-corrected chi connectivity index (χ3v) is 3.81. The lowest BCUT2D eigenvalue weighted by atomic mass is 10.3. The van der Waals surface area contributed by atoms with Crippen LogP contribution < -0.4 is 11.2 Å². The molecular formula is C21H26N2O10. The zero-order valence-electron chi connectivity index (χ0n) is 19.0. The molecule has 0 unspecified atom stereocenters. The molecule has 0 aliphatic rings. The van der Waals surface area contributed by atoms with Gasteiger partial charge in [-0.1, -0.05) is 0 Å². The molecule has 0 radical (unpaired) electrons. The van der Waals surface area contributed by atoms with Crippen LogP contribution in [0.2, 0.25) is 0 Å². The number of nitrogens with zero attached hydrogens (tertiary/aromatic N) is 2. The molecule has 0 fully saturated rings. The van der Waals surface area contributed by atoms with Crippen molar-refractivity contribution in [2.24, 2.45) is 0 Å². The lowest BCUT2D eigenvalue weighted by Crippen LogP contribution is -2.43. The van der Waals surface area contributed by atoms with Crippen LogP contribution in [0, 0.1) is 6.92 Å². The number of hydrogen-bond acceptors (Lipinski definition) is 10. The second-order valence-corrected chi connectivity index (χ2v) is 6.11. The molecule has 1 heterocycles. The summed E-state index contributed by atoms with van der Waals surface area (Å²) in [4.78, 5) is 75.0. The number of esters is 4. The molecule has 1 rings (SSSR count). The van der Waals surface area contributed by atoms with Crippen LogP contribution in [0.5, 0.6) is 0 Å². The van der Waals surface area contributed by atoms with Crippen LogP contribution in [0.4, 0.5) is 0 Å². The molecule has 0 atom stereocenters. The molecule has 0 bridgehead atoms. The summed E-state index contributed by atoms with van der Waals surface area (Å²) in [5.41, 5.74) is -3.61. The molecule has 0 saturated heterocycles. The van der Waals surface area contributed by atoms with Crippen molar-refractivity contribution in [1.82, 2.24) is 9.13 Å². The van der Waals surface area contributed by atoms with E-state index in [-0.39, 0.29) is 32.0 Å². The second-order valence-electron chi connectivity index (χ2n) is 6.11. The minimum atomic E-state index is -1.24. The van der Waals surface area contributed by atoms with Gasteiger partial charge in [-0.15, -0.1) is 0 Å². The highest BCUT2D eigenvalue weighted by Crippen LogP contribution is 2.09. The van der Waals surface area contributed by atoms with E-state index in [1.54, 1.807) is 0 Å². The van der Waals surface area contributed by atoms with Crippen molar-refractivity contribution in [3.05, 3.63) is 44.8 Å². The Morgan fingerprint density at radius 3 is 1.64 bits per heavy atom. The molecule has 33 heavy (non-hydrogen) atoms. The van der Waals surface area contributed by atoms with E-state index in [2.05, 4.69) is 0 Å². The third-order valence-electron chi connectivity index (χ3n) is 3.81. The number of hydrogen-bond donors (Lipinski definition) is 0. The highest BCUT2D eigenvalue weighted by atomic mass is 16.5. The Hall–Kier alpha value is -3.96. The fraction of sp³-hybridized carbons (Fsp3) is 0.429. The quantitative estimate of drug-likeness (QED) is 0.267. The highest BCUT2D eigenvalue weighted by Gasteiger charge is 2.25. The van der Waals surface area contributed by atoms with E-state index >= 15 is 0 Å².